The minimum atomic E-state index is -0.445. The number of nitrogen functional groups attached to an aromatic ring is 1. The van der Waals surface area contributed by atoms with E-state index in [-0.39, 0.29) is 24.8 Å². The normalized spacial score (nSPS) is 15.5. The van der Waals surface area contributed by atoms with Gasteiger partial charge in [-0.15, -0.1) is 0 Å². The molecule has 3 rings (SSSR count). The second kappa shape index (κ2) is 10.4. The second-order valence-corrected chi connectivity index (χ2v) is 7.59. The Kier molecular flexibility index (Phi) is 7.37. The Bertz CT molecular complexity index is 1100. The molecule has 164 valence electrons. The van der Waals surface area contributed by atoms with E-state index in [0.29, 0.717) is 29.8 Å². The van der Waals surface area contributed by atoms with Gasteiger partial charge in [0.2, 0.25) is 11.8 Å². The number of imide groups is 1. The molecule has 0 spiro atoms. The first-order chi connectivity index (χ1) is 15.4. The molecule has 1 heterocycles. The Balaban J connectivity index is 1.63. The molecule has 1 fully saturated rings. The molecule has 4 N–H and O–H groups in total. The summed E-state index contributed by atoms with van der Waals surface area (Å²) in [6.07, 6.45) is 1.47. The summed E-state index contributed by atoms with van der Waals surface area (Å²) >= 11 is 0. The first-order valence-corrected chi connectivity index (χ1v) is 10.1. The first kappa shape index (κ1) is 22.7. The van der Waals surface area contributed by atoms with Gasteiger partial charge >= 0.3 is 0 Å². The van der Waals surface area contributed by atoms with Gasteiger partial charge in [0, 0.05) is 42.2 Å². The third-order valence-electron chi connectivity index (χ3n) is 5.18. The van der Waals surface area contributed by atoms with Crippen molar-refractivity contribution in [1.82, 2.24) is 15.5 Å². The van der Waals surface area contributed by atoms with Crippen LogP contribution < -0.4 is 16.4 Å². The fourth-order valence-corrected chi connectivity index (χ4v) is 3.42. The molecule has 1 atom stereocenters. The molecule has 0 saturated carbocycles. The van der Waals surface area contributed by atoms with Gasteiger partial charge in [0.15, 0.2) is 0 Å². The lowest BCUT2D eigenvalue weighted by Gasteiger charge is -2.30. The zero-order valence-electron chi connectivity index (χ0n) is 17.7. The zero-order valence-corrected chi connectivity index (χ0v) is 17.7. The maximum Gasteiger partial charge on any atom is 0.296 e. The monoisotopic (exact) mass is 432 g/mol. The van der Waals surface area contributed by atoms with E-state index in [0.717, 1.165) is 17.4 Å². The lowest BCUT2D eigenvalue weighted by molar-refractivity contribution is -0.137. The van der Waals surface area contributed by atoms with Crippen molar-refractivity contribution in [2.45, 2.75) is 32.0 Å². The molecular weight excluding hydrogens is 408 g/mol. The van der Waals surface area contributed by atoms with Gasteiger partial charge in [-0.25, -0.2) is 0 Å². The SMILES string of the molecule is CN(Cc1cc(CNC(=O)C#Cc2ccc(N)cc2)ccc1C=O)C1CCC(=O)NC1=O. The van der Waals surface area contributed by atoms with Crippen LogP contribution in [-0.2, 0) is 27.5 Å². The molecule has 1 aliphatic rings. The largest absolute Gasteiger partial charge is 0.399 e. The van der Waals surface area contributed by atoms with E-state index in [2.05, 4.69) is 22.5 Å². The first-order valence-electron chi connectivity index (χ1n) is 10.1. The van der Waals surface area contributed by atoms with Crippen molar-refractivity contribution in [3.63, 3.8) is 0 Å². The number of likely N-dealkylation sites (N-methyl/N-ethyl adjacent to an activating group) is 1. The number of hydrogen-bond donors (Lipinski definition) is 3. The quantitative estimate of drug-likeness (QED) is 0.271. The number of carbonyl (C=O) groups excluding carboxylic acids is 4. The third kappa shape index (κ3) is 6.03. The van der Waals surface area contributed by atoms with Gasteiger partial charge < -0.3 is 11.1 Å². The van der Waals surface area contributed by atoms with Crippen LogP contribution in [0.4, 0.5) is 5.69 Å². The van der Waals surface area contributed by atoms with Crippen LogP contribution >= 0.6 is 0 Å². The molecule has 32 heavy (non-hydrogen) atoms. The molecule has 1 saturated heterocycles. The highest BCUT2D eigenvalue weighted by Crippen LogP contribution is 2.17. The number of piperidine rings is 1. The van der Waals surface area contributed by atoms with Crippen molar-refractivity contribution >= 4 is 29.7 Å². The van der Waals surface area contributed by atoms with Gasteiger partial charge in [-0.05, 0) is 48.9 Å². The standard InChI is InChI=1S/C24H24N4O4/c1-28(21-9-11-23(31)27-24(21)32)14-19-12-17(2-6-18(19)15-29)13-26-22(30)10-5-16-3-7-20(25)8-4-16/h2-4,6-8,12,15,21H,9,11,13-14,25H2,1H3,(H,26,30)(H,27,31,32). The van der Waals surface area contributed by atoms with Gasteiger partial charge in [0.25, 0.3) is 5.91 Å². The summed E-state index contributed by atoms with van der Waals surface area (Å²) < 4.78 is 0. The molecule has 2 aromatic carbocycles. The number of aldehydes is 1. The number of amides is 3. The number of nitrogens with one attached hydrogen (secondary N) is 2. The molecule has 1 aliphatic heterocycles. The lowest BCUT2D eigenvalue weighted by atomic mass is 10.0. The number of rotatable bonds is 6. The maximum absolute atomic E-state index is 12.1. The van der Waals surface area contributed by atoms with Gasteiger partial charge in [-0.2, -0.15) is 0 Å². The Hall–Kier alpha value is -3.96. The summed E-state index contributed by atoms with van der Waals surface area (Å²) in [7, 11) is 1.77. The van der Waals surface area contributed by atoms with Gasteiger partial charge in [0.1, 0.15) is 6.29 Å². The van der Waals surface area contributed by atoms with Crippen molar-refractivity contribution in [2.24, 2.45) is 0 Å². The smallest absolute Gasteiger partial charge is 0.296 e. The van der Waals surface area contributed by atoms with Crippen LogP contribution in [0.2, 0.25) is 0 Å². The highest BCUT2D eigenvalue weighted by Gasteiger charge is 2.29. The van der Waals surface area contributed by atoms with Crippen LogP contribution in [0.1, 0.15) is 39.9 Å². The van der Waals surface area contributed by atoms with Crippen molar-refractivity contribution in [2.75, 3.05) is 12.8 Å². The van der Waals surface area contributed by atoms with Gasteiger partial charge in [-0.3, -0.25) is 29.4 Å². The molecule has 8 nitrogen and oxygen atoms in total. The van der Waals surface area contributed by atoms with Crippen LogP contribution in [0.25, 0.3) is 0 Å². The van der Waals surface area contributed by atoms with E-state index in [9.17, 15) is 19.2 Å². The van der Waals surface area contributed by atoms with E-state index in [1.54, 1.807) is 43.4 Å². The molecular formula is C24H24N4O4. The summed E-state index contributed by atoms with van der Waals surface area (Å²) in [4.78, 5) is 48.8. The highest BCUT2D eigenvalue weighted by molar-refractivity contribution is 6.00. The van der Waals surface area contributed by atoms with Gasteiger partial charge in [0.05, 0.1) is 6.04 Å². The predicted octanol–water partition coefficient (Wildman–Crippen LogP) is 0.986. The summed E-state index contributed by atoms with van der Waals surface area (Å²) in [5.41, 5.74) is 8.96. The molecule has 0 bridgehead atoms. The average molecular weight is 432 g/mol. The Morgan fingerprint density at radius 2 is 2.00 bits per heavy atom. The van der Waals surface area contributed by atoms with Crippen molar-refractivity contribution in [1.29, 1.82) is 0 Å². The molecule has 1 unspecified atom stereocenters. The molecule has 3 amide bonds. The van der Waals surface area contributed by atoms with E-state index >= 15 is 0 Å². The highest BCUT2D eigenvalue weighted by atomic mass is 16.2. The van der Waals surface area contributed by atoms with E-state index in [1.165, 1.54) is 0 Å². The Morgan fingerprint density at radius 1 is 1.25 bits per heavy atom. The van der Waals surface area contributed by atoms with E-state index in [1.807, 2.05) is 11.0 Å². The van der Waals surface area contributed by atoms with Crippen LogP contribution in [0, 0.1) is 11.8 Å². The number of carbonyl (C=O) groups is 4. The van der Waals surface area contributed by atoms with Crippen molar-refractivity contribution in [3.05, 3.63) is 64.7 Å². The summed E-state index contributed by atoms with van der Waals surface area (Å²) in [5, 5.41) is 5.07. The predicted molar refractivity (Wildman–Crippen MR) is 119 cm³/mol. The third-order valence-corrected chi connectivity index (χ3v) is 5.18. The molecule has 0 aliphatic carbocycles. The van der Waals surface area contributed by atoms with Crippen LogP contribution in [-0.4, -0.2) is 42.0 Å². The van der Waals surface area contributed by atoms with Gasteiger partial charge in [-0.1, -0.05) is 24.1 Å². The van der Waals surface area contributed by atoms with Crippen LogP contribution in [0.15, 0.2) is 42.5 Å². The van der Waals surface area contributed by atoms with Crippen molar-refractivity contribution < 1.29 is 19.2 Å². The van der Waals surface area contributed by atoms with Crippen LogP contribution in [0.5, 0.6) is 0 Å². The fourth-order valence-electron chi connectivity index (χ4n) is 3.42. The number of anilines is 1. The number of benzene rings is 2. The van der Waals surface area contributed by atoms with E-state index in [4.69, 9.17) is 5.73 Å². The molecule has 0 radical (unpaired) electrons. The second-order valence-electron chi connectivity index (χ2n) is 7.59. The summed E-state index contributed by atoms with van der Waals surface area (Å²) in [5.74, 6) is 4.27. The number of hydrogen-bond acceptors (Lipinski definition) is 6. The Labute approximate surface area is 186 Å². The van der Waals surface area contributed by atoms with Crippen LogP contribution in [0.3, 0.4) is 0 Å². The van der Waals surface area contributed by atoms with Crippen molar-refractivity contribution in [3.8, 4) is 11.8 Å². The molecule has 8 heteroatoms. The zero-order chi connectivity index (χ0) is 23.1. The molecule has 0 aromatic heterocycles. The Morgan fingerprint density at radius 3 is 2.69 bits per heavy atom. The molecule has 2 aromatic rings. The summed E-state index contributed by atoms with van der Waals surface area (Å²) in [6, 6.07) is 11.7. The topological polar surface area (TPSA) is 122 Å². The minimum Gasteiger partial charge on any atom is -0.399 e. The fraction of sp³-hybridized carbons (Fsp3) is 0.250. The van der Waals surface area contributed by atoms with E-state index < -0.39 is 11.9 Å². The number of nitrogens with zero attached hydrogens (tertiary/aromatic N) is 1. The minimum absolute atomic E-state index is 0.240. The number of nitrogens with two attached hydrogens (primary N) is 1. The lowest BCUT2D eigenvalue weighted by Crippen LogP contribution is -2.51. The average Bonchev–Trinajstić information content (AvgIpc) is 2.77. The summed E-state index contributed by atoms with van der Waals surface area (Å²) in [6.45, 7) is 0.586. The maximum atomic E-state index is 12.1.